The molecule has 6 rings (SSSR count). The number of halogens is 2. The van der Waals surface area contributed by atoms with Gasteiger partial charge in [0.05, 0.1) is 16.5 Å². The van der Waals surface area contributed by atoms with Gasteiger partial charge in [0.25, 0.3) is 0 Å². The first-order valence-corrected chi connectivity index (χ1v) is 13.2. The average Bonchev–Trinajstić information content (AvgIpc) is 3.38. The number of rotatable bonds is 4. The molecule has 2 aliphatic rings. The molecule has 170 valence electrons. The van der Waals surface area contributed by atoms with Crippen molar-refractivity contribution in [1.29, 1.82) is 0 Å². The molecule has 2 aromatic carbocycles. The van der Waals surface area contributed by atoms with Crippen LogP contribution >= 0.6 is 27.3 Å². The highest BCUT2D eigenvalue weighted by molar-refractivity contribution is 9.10. The molecule has 0 bridgehead atoms. The van der Waals surface area contributed by atoms with Gasteiger partial charge < -0.3 is 9.15 Å². The van der Waals surface area contributed by atoms with Crippen molar-refractivity contribution in [1.82, 2.24) is 9.55 Å². The van der Waals surface area contributed by atoms with Crippen LogP contribution in [-0.4, -0.2) is 19.4 Å². The summed E-state index contributed by atoms with van der Waals surface area (Å²) in [6, 6.07) is 7.89. The summed E-state index contributed by atoms with van der Waals surface area (Å²) in [5.74, 6) is -0.562. The van der Waals surface area contributed by atoms with Crippen LogP contribution in [0.15, 0.2) is 60.5 Å². The number of nitrogens with one attached hydrogen (secondary N) is 1. The zero-order chi connectivity index (χ0) is 22.7. The van der Waals surface area contributed by atoms with E-state index in [0.29, 0.717) is 17.1 Å². The van der Waals surface area contributed by atoms with Crippen LogP contribution in [0.3, 0.4) is 0 Å². The molecule has 1 spiro atoms. The van der Waals surface area contributed by atoms with Crippen molar-refractivity contribution in [3.63, 3.8) is 0 Å². The van der Waals surface area contributed by atoms with Gasteiger partial charge in [-0.05, 0) is 37.5 Å². The summed E-state index contributed by atoms with van der Waals surface area (Å²) in [5, 5.41) is 2.12. The Labute approximate surface area is 202 Å². The van der Waals surface area contributed by atoms with E-state index in [9.17, 15) is 9.00 Å². The third kappa shape index (κ3) is 3.53. The number of hydrogen-bond donors (Lipinski definition) is 1. The van der Waals surface area contributed by atoms with Crippen molar-refractivity contribution < 1.29 is 17.8 Å². The number of oxazole rings is 1. The van der Waals surface area contributed by atoms with Gasteiger partial charge in [0.1, 0.15) is 17.2 Å². The lowest BCUT2D eigenvalue weighted by Crippen LogP contribution is -2.48. The summed E-state index contributed by atoms with van der Waals surface area (Å²) in [4.78, 5) is 16.9. The lowest BCUT2D eigenvalue weighted by molar-refractivity contribution is -0.0366. The Hall–Kier alpha value is -2.50. The SMILES string of the molecule is O=c1oc2cc(S(=O)Nc3nccs3)c(F)cc2n1C1CC2(CCC2)Oc2ccc(Br)cc21. The van der Waals surface area contributed by atoms with E-state index in [1.54, 1.807) is 11.6 Å². The van der Waals surface area contributed by atoms with Gasteiger partial charge in [0.2, 0.25) is 0 Å². The molecule has 2 unspecified atom stereocenters. The molecule has 0 radical (unpaired) electrons. The van der Waals surface area contributed by atoms with Gasteiger partial charge in [-0.2, -0.15) is 0 Å². The zero-order valence-corrected chi connectivity index (χ0v) is 20.3. The van der Waals surface area contributed by atoms with E-state index in [2.05, 4.69) is 25.6 Å². The summed E-state index contributed by atoms with van der Waals surface area (Å²) in [7, 11) is -1.90. The fourth-order valence-corrected chi connectivity index (χ4v) is 6.54. The van der Waals surface area contributed by atoms with Crippen LogP contribution in [0.2, 0.25) is 0 Å². The van der Waals surface area contributed by atoms with Crippen molar-refractivity contribution in [3.05, 3.63) is 68.3 Å². The molecule has 0 amide bonds. The Kier molecular flexibility index (Phi) is 4.96. The summed E-state index contributed by atoms with van der Waals surface area (Å²) in [6.07, 6.45) is 5.02. The molecule has 1 N–H and O–H groups in total. The van der Waals surface area contributed by atoms with Crippen molar-refractivity contribution in [2.45, 2.75) is 42.2 Å². The first kappa shape index (κ1) is 21.1. The fraction of sp³-hybridized carbons (Fsp3) is 0.273. The highest BCUT2D eigenvalue weighted by atomic mass is 79.9. The first-order chi connectivity index (χ1) is 15.9. The number of thiazole rings is 1. The van der Waals surface area contributed by atoms with Crippen LogP contribution in [0.5, 0.6) is 5.75 Å². The lowest BCUT2D eigenvalue weighted by atomic mass is 9.73. The number of fused-ring (bicyclic) bond motifs is 2. The second-order valence-corrected chi connectivity index (χ2v) is 11.2. The Balaban J connectivity index is 1.46. The maximum Gasteiger partial charge on any atom is 0.420 e. The second-order valence-electron chi connectivity index (χ2n) is 8.24. The number of ether oxygens (including phenoxy) is 1. The van der Waals surface area contributed by atoms with Crippen LogP contribution in [0.4, 0.5) is 9.52 Å². The molecule has 11 heteroatoms. The highest BCUT2D eigenvalue weighted by Gasteiger charge is 2.47. The largest absolute Gasteiger partial charge is 0.487 e. The van der Waals surface area contributed by atoms with Gasteiger partial charge in [-0.3, -0.25) is 9.29 Å². The first-order valence-electron chi connectivity index (χ1n) is 10.3. The van der Waals surface area contributed by atoms with Crippen molar-refractivity contribution >= 4 is 54.5 Å². The minimum absolute atomic E-state index is 0.107. The normalized spacial score (nSPS) is 19.6. The highest BCUT2D eigenvalue weighted by Crippen LogP contribution is 2.50. The quantitative estimate of drug-likeness (QED) is 0.369. The number of benzene rings is 2. The molecular formula is C22H17BrFN3O4S2. The van der Waals surface area contributed by atoms with Crippen LogP contribution in [0, 0.1) is 5.82 Å². The smallest absolute Gasteiger partial charge is 0.420 e. The van der Waals surface area contributed by atoms with E-state index in [-0.39, 0.29) is 22.1 Å². The van der Waals surface area contributed by atoms with E-state index in [1.165, 1.54) is 28.0 Å². The fourth-order valence-electron chi connectivity index (χ4n) is 4.60. The van der Waals surface area contributed by atoms with E-state index in [1.807, 2.05) is 18.2 Å². The monoisotopic (exact) mass is 549 g/mol. The topological polar surface area (TPSA) is 86.4 Å². The number of aromatic nitrogens is 2. The molecular weight excluding hydrogens is 533 g/mol. The molecule has 3 heterocycles. The van der Waals surface area contributed by atoms with E-state index < -0.39 is 22.6 Å². The minimum atomic E-state index is -1.90. The molecule has 1 aliphatic heterocycles. The van der Waals surface area contributed by atoms with Crippen molar-refractivity contribution in [2.24, 2.45) is 0 Å². The lowest BCUT2D eigenvalue weighted by Gasteiger charge is -2.48. The summed E-state index contributed by atoms with van der Waals surface area (Å²) in [6.45, 7) is 0. The van der Waals surface area contributed by atoms with E-state index in [4.69, 9.17) is 9.15 Å². The summed E-state index contributed by atoms with van der Waals surface area (Å²) in [5.41, 5.74) is 1.01. The van der Waals surface area contributed by atoms with Gasteiger partial charge in [0, 0.05) is 40.2 Å². The predicted molar refractivity (Wildman–Crippen MR) is 127 cm³/mol. The van der Waals surface area contributed by atoms with Crippen LogP contribution in [0.25, 0.3) is 11.1 Å². The number of anilines is 1. The number of hydrogen-bond acceptors (Lipinski definition) is 6. The Morgan fingerprint density at radius 2 is 2.15 bits per heavy atom. The standard InChI is InChI=1S/C22H17BrFN3O4S2/c23-12-2-3-17-13(8-12)16(11-22(31-17)4-1-5-22)27-15-9-14(24)19(10-18(15)30-21(27)28)33(29)26-20-25-6-7-32-20/h2-3,6-10,16H,1,4-5,11H2,(H,25,26). The second kappa shape index (κ2) is 7.78. The Bertz CT molecular complexity index is 1460. The molecule has 1 fully saturated rings. The van der Waals surface area contributed by atoms with Gasteiger partial charge >= 0.3 is 5.76 Å². The van der Waals surface area contributed by atoms with Crippen LogP contribution in [-0.2, 0) is 11.0 Å². The van der Waals surface area contributed by atoms with Crippen LogP contribution in [0.1, 0.15) is 37.3 Å². The molecule has 0 saturated heterocycles. The van der Waals surface area contributed by atoms with Crippen molar-refractivity contribution in [3.8, 4) is 5.75 Å². The molecule has 2 aromatic heterocycles. The van der Waals surface area contributed by atoms with Gasteiger partial charge in [-0.25, -0.2) is 18.4 Å². The van der Waals surface area contributed by atoms with E-state index in [0.717, 1.165) is 35.0 Å². The maximum absolute atomic E-state index is 15.1. The predicted octanol–water partition coefficient (Wildman–Crippen LogP) is 5.38. The van der Waals surface area contributed by atoms with E-state index >= 15 is 4.39 Å². The van der Waals surface area contributed by atoms with Gasteiger partial charge in [-0.15, -0.1) is 11.3 Å². The minimum Gasteiger partial charge on any atom is -0.487 e. The third-order valence-corrected chi connectivity index (χ3v) is 8.68. The molecule has 7 nitrogen and oxygen atoms in total. The van der Waals surface area contributed by atoms with Crippen molar-refractivity contribution in [2.75, 3.05) is 4.72 Å². The average molecular weight is 550 g/mol. The molecule has 1 aliphatic carbocycles. The third-order valence-electron chi connectivity index (χ3n) is 6.28. The zero-order valence-electron chi connectivity index (χ0n) is 17.0. The summed E-state index contributed by atoms with van der Waals surface area (Å²) >= 11 is 4.75. The summed E-state index contributed by atoms with van der Waals surface area (Å²) < 4.78 is 44.6. The van der Waals surface area contributed by atoms with Gasteiger partial charge in [0.15, 0.2) is 21.7 Å². The Morgan fingerprint density at radius 1 is 1.30 bits per heavy atom. The Morgan fingerprint density at radius 3 is 2.88 bits per heavy atom. The molecule has 4 aromatic rings. The molecule has 2 atom stereocenters. The van der Waals surface area contributed by atoms with Crippen LogP contribution < -0.4 is 15.2 Å². The molecule has 33 heavy (non-hydrogen) atoms. The molecule has 1 saturated carbocycles. The van der Waals surface area contributed by atoms with Gasteiger partial charge in [-0.1, -0.05) is 15.9 Å². The maximum atomic E-state index is 15.1. The number of nitrogens with zero attached hydrogens (tertiary/aromatic N) is 2.